The van der Waals surface area contributed by atoms with Gasteiger partial charge in [0.1, 0.15) is 5.75 Å². The zero-order chi connectivity index (χ0) is 10.8. The molecule has 0 heterocycles. The lowest BCUT2D eigenvalue weighted by molar-refractivity contribution is -0.113. The molecule has 0 amide bonds. The molecule has 0 saturated carbocycles. The molecule has 1 aromatic rings. The van der Waals surface area contributed by atoms with Crippen molar-refractivity contribution >= 4 is 26.4 Å². The topological polar surface area (TPSA) is 26.3 Å². The van der Waals surface area contributed by atoms with E-state index < -0.39 is 0 Å². The van der Waals surface area contributed by atoms with Crippen molar-refractivity contribution < 1.29 is 9.53 Å². The highest BCUT2D eigenvalue weighted by molar-refractivity contribution is 14.1. The van der Waals surface area contributed by atoms with Crippen LogP contribution in [0.5, 0.6) is 5.75 Å². The van der Waals surface area contributed by atoms with Crippen molar-refractivity contribution in [3.63, 3.8) is 0 Å². The molecule has 0 spiro atoms. The Morgan fingerprint density at radius 3 is 3.00 bits per heavy atom. The largest absolute Gasteiger partial charge is 0.496 e. The average molecular weight is 316 g/mol. The molecule has 0 saturated heterocycles. The third-order valence-electron chi connectivity index (χ3n) is 2.98. The summed E-state index contributed by atoms with van der Waals surface area (Å²) in [5.41, 5.74) is 2.56. The third-order valence-corrected chi connectivity index (χ3v) is 3.86. The van der Waals surface area contributed by atoms with Crippen LogP contribution in [-0.4, -0.2) is 10.9 Å². The number of rotatable bonds is 2. The zero-order valence-corrected chi connectivity index (χ0v) is 10.8. The van der Waals surface area contributed by atoms with E-state index in [0.29, 0.717) is 0 Å². The van der Waals surface area contributed by atoms with Crippen LogP contribution in [0.4, 0.5) is 0 Å². The van der Waals surface area contributed by atoms with Gasteiger partial charge in [0.05, 0.1) is 7.11 Å². The Bertz CT molecular complexity index is 387. The molecule has 3 heteroatoms. The molecular formula is C12H13IO2. The second kappa shape index (κ2) is 4.51. The summed E-state index contributed by atoms with van der Waals surface area (Å²) < 4.78 is 5.60. The Morgan fingerprint density at radius 2 is 2.33 bits per heavy atom. The number of halogens is 1. The number of carbonyl (C=O) groups excluding carboxylic acids is 1. The Balaban J connectivity index is 2.31. The molecule has 0 aliphatic heterocycles. The fraction of sp³-hybridized carbons (Fsp3) is 0.417. The Morgan fingerprint density at radius 1 is 1.53 bits per heavy atom. The molecule has 1 aliphatic rings. The van der Waals surface area contributed by atoms with Crippen molar-refractivity contribution in [3.05, 3.63) is 29.3 Å². The summed E-state index contributed by atoms with van der Waals surface area (Å²) in [5, 5.41) is 0. The maximum Gasteiger partial charge on any atom is 0.195 e. The summed E-state index contributed by atoms with van der Waals surface area (Å²) in [6.07, 6.45) is 2.78. The lowest BCUT2D eigenvalue weighted by Gasteiger charge is -2.23. The van der Waals surface area contributed by atoms with Crippen LogP contribution in [0, 0.1) is 5.92 Å². The smallest absolute Gasteiger partial charge is 0.195 e. The molecule has 1 unspecified atom stereocenters. The van der Waals surface area contributed by atoms with Crippen LogP contribution in [0.25, 0.3) is 0 Å². The number of hydrogen-bond donors (Lipinski definition) is 0. The fourth-order valence-electron chi connectivity index (χ4n) is 2.16. The van der Waals surface area contributed by atoms with Gasteiger partial charge in [0.25, 0.3) is 0 Å². The summed E-state index contributed by atoms with van der Waals surface area (Å²) in [4.78, 5) is 11.3. The van der Waals surface area contributed by atoms with Gasteiger partial charge in [-0.1, -0.05) is 12.1 Å². The van der Waals surface area contributed by atoms with Crippen molar-refractivity contribution in [2.45, 2.75) is 19.3 Å². The lowest BCUT2D eigenvalue weighted by Crippen LogP contribution is -2.19. The van der Waals surface area contributed by atoms with Gasteiger partial charge in [0, 0.05) is 5.92 Å². The molecule has 0 radical (unpaired) electrons. The molecule has 1 atom stereocenters. The van der Waals surface area contributed by atoms with Crippen LogP contribution in [0.15, 0.2) is 18.2 Å². The summed E-state index contributed by atoms with van der Waals surface area (Å²) in [6, 6.07) is 6.09. The van der Waals surface area contributed by atoms with Gasteiger partial charge < -0.3 is 4.74 Å². The van der Waals surface area contributed by atoms with E-state index in [0.717, 1.165) is 25.0 Å². The fourth-order valence-corrected chi connectivity index (χ4v) is 2.69. The van der Waals surface area contributed by atoms with E-state index >= 15 is 0 Å². The van der Waals surface area contributed by atoms with E-state index in [2.05, 4.69) is 6.07 Å². The number of hydrogen-bond acceptors (Lipinski definition) is 2. The van der Waals surface area contributed by atoms with Crippen molar-refractivity contribution in [2.24, 2.45) is 5.92 Å². The molecule has 0 bridgehead atoms. The van der Waals surface area contributed by atoms with Gasteiger partial charge in [-0.25, -0.2) is 0 Å². The van der Waals surface area contributed by atoms with E-state index in [-0.39, 0.29) is 9.71 Å². The lowest BCUT2D eigenvalue weighted by atomic mass is 9.84. The summed E-state index contributed by atoms with van der Waals surface area (Å²) in [6.45, 7) is 0. The highest BCUT2D eigenvalue weighted by Gasteiger charge is 2.24. The zero-order valence-electron chi connectivity index (χ0n) is 8.63. The van der Waals surface area contributed by atoms with Gasteiger partial charge in [0.15, 0.2) is 3.79 Å². The monoisotopic (exact) mass is 316 g/mol. The maximum absolute atomic E-state index is 11.3. The Hall–Kier alpha value is -0.580. The van der Waals surface area contributed by atoms with Crippen LogP contribution in [0.3, 0.4) is 0 Å². The van der Waals surface area contributed by atoms with Crippen molar-refractivity contribution in [3.8, 4) is 5.75 Å². The molecule has 1 aromatic carbocycles. The van der Waals surface area contributed by atoms with Crippen LogP contribution < -0.4 is 4.74 Å². The van der Waals surface area contributed by atoms with Gasteiger partial charge in [-0.2, -0.15) is 0 Å². The molecule has 0 N–H and O–H groups in total. The number of benzene rings is 1. The molecule has 1 aliphatic carbocycles. The number of carbonyl (C=O) groups is 1. The highest BCUT2D eigenvalue weighted by Crippen LogP contribution is 2.33. The first kappa shape index (κ1) is 10.9. The van der Waals surface area contributed by atoms with Gasteiger partial charge in [-0.3, -0.25) is 4.79 Å². The van der Waals surface area contributed by atoms with Gasteiger partial charge in [-0.15, -0.1) is 0 Å². The minimum Gasteiger partial charge on any atom is -0.496 e. The SMILES string of the molecule is COc1cccc2c1CCC(C(=O)I)C2. The number of ether oxygens (including phenoxy) is 1. The van der Waals surface area contributed by atoms with E-state index in [1.54, 1.807) is 7.11 Å². The molecule has 0 aromatic heterocycles. The van der Waals surface area contributed by atoms with Gasteiger partial charge in [0.2, 0.25) is 0 Å². The van der Waals surface area contributed by atoms with Gasteiger partial charge >= 0.3 is 0 Å². The predicted octanol–water partition coefficient (Wildman–Crippen LogP) is 2.76. The maximum atomic E-state index is 11.3. The highest BCUT2D eigenvalue weighted by atomic mass is 127. The second-order valence-corrected chi connectivity index (χ2v) is 4.90. The first-order chi connectivity index (χ1) is 7.22. The predicted molar refractivity (Wildman–Crippen MR) is 67.5 cm³/mol. The molecular weight excluding hydrogens is 303 g/mol. The van der Waals surface area contributed by atoms with Crippen molar-refractivity contribution in [2.75, 3.05) is 7.11 Å². The van der Waals surface area contributed by atoms with Crippen LogP contribution in [0.1, 0.15) is 17.5 Å². The third kappa shape index (κ3) is 2.17. The standard InChI is InChI=1S/C12H13IO2/c1-15-11-4-2-3-8-7-9(12(13)14)5-6-10(8)11/h2-4,9H,5-7H2,1H3. The average Bonchev–Trinajstić information content (AvgIpc) is 2.27. The van der Waals surface area contributed by atoms with Crippen LogP contribution >= 0.6 is 22.6 Å². The normalized spacial score (nSPS) is 19.5. The van der Waals surface area contributed by atoms with Crippen molar-refractivity contribution in [1.82, 2.24) is 0 Å². The number of methoxy groups -OCH3 is 1. The van der Waals surface area contributed by atoms with E-state index in [1.807, 2.05) is 34.7 Å². The van der Waals surface area contributed by atoms with Crippen LogP contribution in [0.2, 0.25) is 0 Å². The summed E-state index contributed by atoms with van der Waals surface area (Å²) in [5.74, 6) is 1.16. The molecule has 2 rings (SSSR count). The van der Waals surface area contributed by atoms with Crippen LogP contribution in [-0.2, 0) is 17.6 Å². The Kier molecular flexibility index (Phi) is 3.29. The van der Waals surface area contributed by atoms with Gasteiger partial charge in [-0.05, 0) is 59.0 Å². The quantitative estimate of drug-likeness (QED) is 0.619. The first-order valence-electron chi connectivity index (χ1n) is 5.06. The molecule has 2 nitrogen and oxygen atoms in total. The number of fused-ring (bicyclic) bond motifs is 1. The second-order valence-electron chi connectivity index (χ2n) is 3.84. The minimum absolute atomic E-state index is 0.199. The molecule has 80 valence electrons. The summed E-state index contributed by atoms with van der Waals surface area (Å²) in [7, 11) is 1.70. The Labute approximate surface area is 103 Å². The van der Waals surface area contributed by atoms with Crippen molar-refractivity contribution in [1.29, 1.82) is 0 Å². The minimum atomic E-state index is 0.199. The van der Waals surface area contributed by atoms with E-state index in [4.69, 9.17) is 4.74 Å². The molecule has 0 fully saturated rings. The summed E-state index contributed by atoms with van der Waals surface area (Å²) >= 11 is 1.91. The molecule has 15 heavy (non-hydrogen) atoms. The van der Waals surface area contributed by atoms with E-state index in [9.17, 15) is 4.79 Å². The first-order valence-corrected chi connectivity index (χ1v) is 6.14. The van der Waals surface area contributed by atoms with E-state index in [1.165, 1.54) is 11.1 Å².